The average Bonchev–Trinajstić information content (AvgIpc) is 2.38. The molecule has 0 heterocycles. The van der Waals surface area contributed by atoms with Crippen molar-refractivity contribution in [2.45, 2.75) is 25.7 Å². The molecule has 116 valence electrons. The van der Waals surface area contributed by atoms with Crippen LogP contribution in [0.5, 0.6) is 0 Å². The Balaban J connectivity index is 3.32. The van der Waals surface area contributed by atoms with Crippen molar-refractivity contribution in [1.29, 1.82) is 0 Å². The summed E-state index contributed by atoms with van der Waals surface area (Å²) in [6, 6.07) is 3.69. The van der Waals surface area contributed by atoms with Gasteiger partial charge in [-0.2, -0.15) is 8.42 Å². The SMILES string of the molecule is CCOC(=O)c1cc(S(=O)(=O)OCC)ccc1NC(C)=O. The van der Waals surface area contributed by atoms with Gasteiger partial charge in [-0.25, -0.2) is 4.79 Å². The van der Waals surface area contributed by atoms with Gasteiger partial charge in [0.05, 0.1) is 29.4 Å². The number of ether oxygens (including phenoxy) is 1. The maximum absolute atomic E-state index is 11.9. The second kappa shape index (κ2) is 7.19. The first-order valence-corrected chi connectivity index (χ1v) is 7.70. The van der Waals surface area contributed by atoms with Gasteiger partial charge in [-0.3, -0.25) is 8.98 Å². The lowest BCUT2D eigenvalue weighted by molar-refractivity contribution is -0.114. The van der Waals surface area contributed by atoms with E-state index in [0.717, 1.165) is 6.07 Å². The zero-order valence-electron chi connectivity index (χ0n) is 12.0. The molecule has 0 aliphatic carbocycles. The number of rotatable bonds is 6. The maximum Gasteiger partial charge on any atom is 0.340 e. The van der Waals surface area contributed by atoms with E-state index >= 15 is 0 Å². The van der Waals surface area contributed by atoms with Crippen LogP contribution in [-0.2, 0) is 23.8 Å². The first kappa shape index (κ1) is 17.1. The van der Waals surface area contributed by atoms with Crippen LogP contribution in [0.3, 0.4) is 0 Å². The minimum absolute atomic E-state index is 0.0233. The number of carbonyl (C=O) groups is 2. The summed E-state index contributed by atoms with van der Waals surface area (Å²) in [6.45, 7) is 4.54. The summed E-state index contributed by atoms with van der Waals surface area (Å²) < 4.78 is 33.2. The van der Waals surface area contributed by atoms with Crippen LogP contribution in [0.1, 0.15) is 31.1 Å². The highest BCUT2D eigenvalue weighted by Gasteiger charge is 2.20. The van der Waals surface area contributed by atoms with E-state index in [4.69, 9.17) is 4.74 Å². The lowest BCUT2D eigenvalue weighted by Gasteiger charge is -2.11. The number of anilines is 1. The number of esters is 1. The molecule has 0 saturated heterocycles. The monoisotopic (exact) mass is 315 g/mol. The fourth-order valence-corrected chi connectivity index (χ4v) is 2.52. The number of carbonyl (C=O) groups excluding carboxylic acids is 2. The summed E-state index contributed by atoms with van der Waals surface area (Å²) in [6.07, 6.45) is 0. The Morgan fingerprint density at radius 1 is 1.19 bits per heavy atom. The first-order valence-electron chi connectivity index (χ1n) is 6.30. The third kappa shape index (κ3) is 4.54. The molecular formula is C13H17NO6S. The molecule has 1 aromatic rings. The standard InChI is InChI=1S/C13H17NO6S/c1-4-19-13(16)11-8-10(21(17,18)20-5-2)6-7-12(11)14-9(3)15/h6-8H,4-5H2,1-3H3,(H,14,15). The molecule has 0 atom stereocenters. The van der Waals surface area contributed by atoms with Gasteiger partial charge in [0.15, 0.2) is 0 Å². The Hall–Kier alpha value is -1.93. The van der Waals surface area contributed by atoms with Crippen LogP contribution in [0.25, 0.3) is 0 Å². The Bertz CT molecular complexity index is 638. The highest BCUT2D eigenvalue weighted by atomic mass is 32.2. The van der Waals surface area contributed by atoms with Gasteiger partial charge in [-0.05, 0) is 32.0 Å². The smallest absolute Gasteiger partial charge is 0.340 e. The minimum Gasteiger partial charge on any atom is -0.462 e. The predicted octanol–water partition coefficient (Wildman–Crippen LogP) is 1.55. The Morgan fingerprint density at radius 3 is 2.38 bits per heavy atom. The van der Waals surface area contributed by atoms with Gasteiger partial charge in [0.2, 0.25) is 5.91 Å². The Labute approximate surface area is 123 Å². The molecule has 0 radical (unpaired) electrons. The van der Waals surface area contributed by atoms with Crippen LogP contribution in [0.2, 0.25) is 0 Å². The molecule has 0 saturated carbocycles. The summed E-state index contributed by atoms with van der Waals surface area (Å²) in [7, 11) is -3.95. The van der Waals surface area contributed by atoms with E-state index in [1.165, 1.54) is 26.0 Å². The number of benzene rings is 1. The summed E-state index contributed by atoms with van der Waals surface area (Å²) in [4.78, 5) is 22.8. The number of hydrogen-bond acceptors (Lipinski definition) is 6. The number of nitrogens with one attached hydrogen (secondary N) is 1. The fourth-order valence-electron chi connectivity index (χ4n) is 1.58. The van der Waals surface area contributed by atoms with Gasteiger partial charge in [-0.1, -0.05) is 0 Å². The fraction of sp³-hybridized carbons (Fsp3) is 0.385. The van der Waals surface area contributed by atoms with Crippen molar-refractivity contribution in [2.24, 2.45) is 0 Å². The molecule has 1 rings (SSSR count). The number of hydrogen-bond donors (Lipinski definition) is 1. The van der Waals surface area contributed by atoms with E-state index in [1.54, 1.807) is 6.92 Å². The summed E-state index contributed by atoms with van der Waals surface area (Å²) in [5, 5.41) is 2.45. The lowest BCUT2D eigenvalue weighted by atomic mass is 10.2. The van der Waals surface area contributed by atoms with Crippen molar-refractivity contribution in [3.05, 3.63) is 23.8 Å². The highest BCUT2D eigenvalue weighted by molar-refractivity contribution is 7.86. The van der Waals surface area contributed by atoms with Gasteiger partial charge in [-0.15, -0.1) is 0 Å². The van der Waals surface area contributed by atoms with Crippen LogP contribution < -0.4 is 5.32 Å². The van der Waals surface area contributed by atoms with Gasteiger partial charge in [0, 0.05) is 6.92 Å². The molecule has 0 unspecified atom stereocenters. The molecule has 0 aromatic heterocycles. The Morgan fingerprint density at radius 2 is 1.86 bits per heavy atom. The topological polar surface area (TPSA) is 98.8 Å². The van der Waals surface area contributed by atoms with E-state index < -0.39 is 16.1 Å². The molecule has 0 aliphatic heterocycles. The second-order valence-corrected chi connectivity index (χ2v) is 5.59. The largest absolute Gasteiger partial charge is 0.462 e. The van der Waals surface area contributed by atoms with Crippen LogP contribution in [0.15, 0.2) is 23.1 Å². The van der Waals surface area contributed by atoms with E-state index in [9.17, 15) is 18.0 Å². The molecule has 0 fully saturated rings. The minimum atomic E-state index is -3.95. The second-order valence-electron chi connectivity index (χ2n) is 3.97. The van der Waals surface area contributed by atoms with E-state index in [-0.39, 0.29) is 35.3 Å². The third-order valence-electron chi connectivity index (χ3n) is 2.36. The molecule has 21 heavy (non-hydrogen) atoms. The maximum atomic E-state index is 11.9. The molecule has 1 aromatic carbocycles. The normalized spacial score (nSPS) is 11.0. The van der Waals surface area contributed by atoms with Crippen molar-refractivity contribution < 1.29 is 26.9 Å². The van der Waals surface area contributed by atoms with Crippen LogP contribution >= 0.6 is 0 Å². The van der Waals surface area contributed by atoms with E-state index in [1.807, 2.05) is 0 Å². The van der Waals surface area contributed by atoms with Gasteiger partial charge in [0.1, 0.15) is 0 Å². The van der Waals surface area contributed by atoms with E-state index in [2.05, 4.69) is 9.50 Å². The summed E-state index contributed by atoms with van der Waals surface area (Å²) in [5.74, 6) is -1.12. The molecule has 0 aliphatic rings. The number of amides is 1. The highest BCUT2D eigenvalue weighted by Crippen LogP contribution is 2.23. The van der Waals surface area contributed by atoms with Crippen LogP contribution in [-0.4, -0.2) is 33.5 Å². The van der Waals surface area contributed by atoms with Crippen LogP contribution in [0.4, 0.5) is 5.69 Å². The van der Waals surface area contributed by atoms with Crippen molar-refractivity contribution in [1.82, 2.24) is 0 Å². The Kier molecular flexibility index (Phi) is 5.86. The molecule has 0 bridgehead atoms. The molecule has 1 amide bonds. The quantitative estimate of drug-likeness (QED) is 0.631. The third-order valence-corrected chi connectivity index (χ3v) is 3.74. The predicted molar refractivity (Wildman–Crippen MR) is 75.5 cm³/mol. The van der Waals surface area contributed by atoms with E-state index in [0.29, 0.717) is 0 Å². The lowest BCUT2D eigenvalue weighted by Crippen LogP contribution is -2.14. The summed E-state index contributed by atoms with van der Waals surface area (Å²) in [5.41, 5.74) is 0.129. The molecule has 0 spiro atoms. The van der Waals surface area contributed by atoms with Crippen molar-refractivity contribution in [3.8, 4) is 0 Å². The van der Waals surface area contributed by atoms with Crippen molar-refractivity contribution in [3.63, 3.8) is 0 Å². The average molecular weight is 315 g/mol. The van der Waals surface area contributed by atoms with Crippen molar-refractivity contribution in [2.75, 3.05) is 18.5 Å². The summed E-state index contributed by atoms with van der Waals surface area (Å²) >= 11 is 0. The zero-order chi connectivity index (χ0) is 16.0. The first-order chi connectivity index (χ1) is 9.81. The van der Waals surface area contributed by atoms with Gasteiger partial charge >= 0.3 is 5.97 Å². The molecule has 1 N–H and O–H groups in total. The van der Waals surface area contributed by atoms with Crippen LogP contribution in [0, 0.1) is 0 Å². The van der Waals surface area contributed by atoms with Gasteiger partial charge < -0.3 is 10.1 Å². The molecule has 7 nitrogen and oxygen atoms in total. The van der Waals surface area contributed by atoms with Gasteiger partial charge in [0.25, 0.3) is 10.1 Å². The molecule has 8 heteroatoms. The zero-order valence-corrected chi connectivity index (χ0v) is 12.8. The molecular weight excluding hydrogens is 298 g/mol. The van der Waals surface area contributed by atoms with Crippen molar-refractivity contribution >= 4 is 27.7 Å².